The predicted octanol–water partition coefficient (Wildman–Crippen LogP) is 4.53. The summed E-state index contributed by atoms with van der Waals surface area (Å²) in [5, 5.41) is 4.72. The van der Waals surface area contributed by atoms with E-state index in [2.05, 4.69) is 9.50 Å². The van der Waals surface area contributed by atoms with Crippen LogP contribution in [-0.4, -0.2) is 30.0 Å². The first kappa shape index (κ1) is 23.3. The van der Waals surface area contributed by atoms with E-state index in [1.54, 1.807) is 23.9 Å². The predicted molar refractivity (Wildman–Crippen MR) is 118 cm³/mol. The summed E-state index contributed by atoms with van der Waals surface area (Å²) in [6.07, 6.45) is 0.00541. The zero-order valence-electron chi connectivity index (χ0n) is 18.0. The van der Waals surface area contributed by atoms with Crippen LogP contribution in [0.15, 0.2) is 39.7 Å². The molecule has 4 rings (SSSR count). The molecule has 2 aromatic heterocycles. The Balaban J connectivity index is 1.90. The summed E-state index contributed by atoms with van der Waals surface area (Å²) in [5.41, 5.74) is -1.20. The molecule has 0 amide bonds. The first-order chi connectivity index (χ1) is 15.6. The highest BCUT2D eigenvalue weighted by atomic mass is 32.2. The lowest BCUT2D eigenvalue weighted by atomic mass is 10.0. The quantitative estimate of drug-likeness (QED) is 0.367. The van der Waals surface area contributed by atoms with Gasteiger partial charge in [-0.2, -0.15) is 22.7 Å². The Labute approximate surface area is 189 Å². The lowest BCUT2D eigenvalue weighted by Gasteiger charge is -2.12. The summed E-state index contributed by atoms with van der Waals surface area (Å²) in [6.45, 7) is 1.92. The van der Waals surface area contributed by atoms with Crippen molar-refractivity contribution in [1.29, 1.82) is 0 Å². The van der Waals surface area contributed by atoms with E-state index >= 15 is 0 Å². The molecule has 0 N–H and O–H groups in total. The van der Waals surface area contributed by atoms with Gasteiger partial charge in [0.05, 0.1) is 11.3 Å². The second-order valence-corrected chi connectivity index (χ2v) is 9.24. The van der Waals surface area contributed by atoms with Crippen LogP contribution in [0.5, 0.6) is 0 Å². The number of alkyl halides is 3. The second kappa shape index (κ2) is 8.85. The minimum Gasteiger partial charge on any atom is -0.311 e. The van der Waals surface area contributed by atoms with Gasteiger partial charge in [0.15, 0.2) is 5.52 Å². The normalized spacial score (nSPS) is 15.9. The smallest absolute Gasteiger partial charge is 0.311 e. The number of aromatic nitrogens is 3. The summed E-state index contributed by atoms with van der Waals surface area (Å²) >= 11 is 0. The van der Waals surface area contributed by atoms with Crippen molar-refractivity contribution in [3.63, 3.8) is 0 Å². The minimum atomic E-state index is -4.85. The number of benzene rings is 1. The molecular formula is C22H22F4N4O2S. The summed E-state index contributed by atoms with van der Waals surface area (Å²) in [6, 6.07) is 4.26. The van der Waals surface area contributed by atoms with Crippen molar-refractivity contribution in [2.45, 2.75) is 44.8 Å². The summed E-state index contributed by atoms with van der Waals surface area (Å²) in [4.78, 5) is 12.9. The van der Waals surface area contributed by atoms with Crippen LogP contribution in [0, 0.1) is 5.82 Å². The number of aryl methyl sites for hydroxylation is 1. The van der Waals surface area contributed by atoms with Crippen LogP contribution in [0.2, 0.25) is 0 Å². The highest BCUT2D eigenvalue weighted by molar-refractivity contribution is 7.83. The third kappa shape index (κ3) is 4.64. The van der Waals surface area contributed by atoms with E-state index in [4.69, 9.17) is 0 Å². The maximum Gasteiger partial charge on any atom is 0.419 e. The largest absolute Gasteiger partial charge is 0.419 e. The lowest BCUT2D eigenvalue weighted by molar-refractivity contribution is -0.140. The molecule has 0 saturated heterocycles. The average molecular weight is 483 g/mol. The molecule has 2 heterocycles. The third-order valence-electron chi connectivity index (χ3n) is 5.50. The van der Waals surface area contributed by atoms with Crippen LogP contribution < -0.4 is 5.56 Å². The van der Waals surface area contributed by atoms with Gasteiger partial charge < -0.3 is 4.57 Å². The van der Waals surface area contributed by atoms with Crippen LogP contribution in [0.25, 0.3) is 10.9 Å². The Morgan fingerprint density at radius 1 is 1.27 bits per heavy atom. The van der Waals surface area contributed by atoms with Crippen molar-refractivity contribution in [3.8, 4) is 0 Å². The lowest BCUT2D eigenvalue weighted by Crippen LogP contribution is -2.18. The van der Waals surface area contributed by atoms with Gasteiger partial charge in [-0.05, 0) is 37.5 Å². The molecule has 11 heteroatoms. The van der Waals surface area contributed by atoms with Gasteiger partial charge in [0.25, 0.3) is 5.56 Å². The zero-order chi connectivity index (χ0) is 23.9. The van der Waals surface area contributed by atoms with Crippen LogP contribution >= 0.6 is 0 Å². The number of nitrogens with zero attached hydrogens (tertiary/aromatic N) is 4. The van der Waals surface area contributed by atoms with Gasteiger partial charge in [-0.1, -0.05) is 19.4 Å². The van der Waals surface area contributed by atoms with Crippen molar-refractivity contribution in [2.24, 2.45) is 11.4 Å². The van der Waals surface area contributed by atoms with Gasteiger partial charge in [0, 0.05) is 36.0 Å². The van der Waals surface area contributed by atoms with Gasteiger partial charge in [-0.25, -0.2) is 8.60 Å². The van der Waals surface area contributed by atoms with E-state index in [1.807, 2.05) is 6.92 Å². The number of hydrogen-bond donors (Lipinski definition) is 0. The highest BCUT2D eigenvalue weighted by Gasteiger charge is 2.34. The first-order valence-electron chi connectivity index (χ1n) is 10.5. The van der Waals surface area contributed by atoms with E-state index in [0.29, 0.717) is 17.9 Å². The number of unbranched alkanes of at least 4 members (excludes halogenated alkanes) is 1. The standard InChI is InChI=1S/C22H22F4N4O2S/c1-3-4-11-33(32)28-18(13-5-8-16(17(23)12-13)22(24,25)26)20-15-9-10-30(14-6-7-14)21(31)19(15)27-29(20)2/h5,8-10,12,14H,3-4,6-7,11H2,1-2H3/b28-18+. The molecule has 1 saturated carbocycles. The Bertz CT molecular complexity index is 1320. The van der Waals surface area contributed by atoms with Gasteiger partial charge in [-0.15, -0.1) is 0 Å². The van der Waals surface area contributed by atoms with E-state index in [9.17, 15) is 26.6 Å². The van der Waals surface area contributed by atoms with Gasteiger partial charge in [0.2, 0.25) is 0 Å². The van der Waals surface area contributed by atoms with Gasteiger partial charge in [-0.3, -0.25) is 9.48 Å². The third-order valence-corrected chi connectivity index (χ3v) is 6.52. The molecule has 0 bridgehead atoms. The van der Waals surface area contributed by atoms with Gasteiger partial charge >= 0.3 is 6.18 Å². The topological polar surface area (TPSA) is 69.2 Å². The number of hydrogen-bond acceptors (Lipinski definition) is 3. The Hall–Kier alpha value is -2.82. The Morgan fingerprint density at radius 3 is 2.61 bits per heavy atom. The summed E-state index contributed by atoms with van der Waals surface area (Å²) in [7, 11) is -0.147. The van der Waals surface area contributed by atoms with Crippen molar-refractivity contribution >= 4 is 27.6 Å². The molecule has 33 heavy (non-hydrogen) atoms. The van der Waals surface area contributed by atoms with Crippen LogP contribution in [0.3, 0.4) is 0 Å². The molecule has 176 valence electrons. The maximum atomic E-state index is 14.4. The van der Waals surface area contributed by atoms with Crippen molar-refractivity contribution in [1.82, 2.24) is 14.3 Å². The number of halogens is 4. The SMILES string of the molecule is CCCCS(=O)/N=C(\c1ccc(C(F)(F)F)c(F)c1)c1c2ccn(C3CC3)c(=O)c2nn1C. The molecular weight excluding hydrogens is 460 g/mol. The fraction of sp³-hybridized carbons (Fsp3) is 0.409. The molecule has 6 nitrogen and oxygen atoms in total. The number of fused-ring (bicyclic) bond motifs is 1. The molecule has 1 aromatic carbocycles. The Kier molecular flexibility index (Phi) is 6.26. The van der Waals surface area contributed by atoms with E-state index in [1.165, 1.54) is 4.68 Å². The molecule has 1 aliphatic rings. The number of rotatable bonds is 7. The second-order valence-electron chi connectivity index (χ2n) is 8.01. The van der Waals surface area contributed by atoms with Crippen molar-refractivity contribution in [2.75, 3.05) is 5.75 Å². The van der Waals surface area contributed by atoms with Crippen LogP contribution in [0.4, 0.5) is 17.6 Å². The summed E-state index contributed by atoms with van der Waals surface area (Å²) in [5.74, 6) is -1.22. The van der Waals surface area contributed by atoms with Crippen LogP contribution in [-0.2, 0) is 24.2 Å². The van der Waals surface area contributed by atoms with E-state index < -0.39 is 28.5 Å². The molecule has 1 fully saturated rings. The molecule has 0 aliphatic heterocycles. The number of pyridine rings is 1. The molecule has 0 spiro atoms. The monoisotopic (exact) mass is 482 g/mol. The Morgan fingerprint density at radius 2 is 2.00 bits per heavy atom. The fourth-order valence-electron chi connectivity index (χ4n) is 3.66. The van der Waals surface area contributed by atoms with Gasteiger partial charge in [0.1, 0.15) is 22.5 Å². The summed E-state index contributed by atoms with van der Waals surface area (Å²) < 4.78 is 73.4. The minimum absolute atomic E-state index is 0.0154. The molecule has 0 radical (unpaired) electrons. The molecule has 1 aliphatic carbocycles. The highest BCUT2D eigenvalue weighted by Crippen LogP contribution is 2.34. The van der Waals surface area contributed by atoms with Crippen molar-refractivity contribution < 1.29 is 21.8 Å². The van der Waals surface area contributed by atoms with Crippen molar-refractivity contribution in [3.05, 3.63) is 63.5 Å². The maximum absolute atomic E-state index is 14.4. The zero-order valence-corrected chi connectivity index (χ0v) is 18.8. The van der Waals surface area contributed by atoms with Crippen LogP contribution in [0.1, 0.15) is 55.5 Å². The molecule has 1 unspecified atom stereocenters. The average Bonchev–Trinajstić information content (AvgIpc) is 3.52. The van der Waals surface area contributed by atoms with E-state index in [-0.39, 0.29) is 39.8 Å². The molecule has 1 atom stereocenters. The first-order valence-corrected chi connectivity index (χ1v) is 11.8. The fourth-order valence-corrected chi connectivity index (χ4v) is 4.68. The molecule has 3 aromatic rings. The van der Waals surface area contributed by atoms with E-state index in [0.717, 1.165) is 31.4 Å².